The van der Waals surface area contributed by atoms with Crippen LogP contribution in [0.2, 0.25) is 0 Å². The molecule has 0 saturated carbocycles. The molecule has 2 aromatic heterocycles. The van der Waals surface area contributed by atoms with Gasteiger partial charge in [0.25, 0.3) is 0 Å². The van der Waals surface area contributed by atoms with Crippen LogP contribution in [0.1, 0.15) is 31.5 Å². The van der Waals surface area contributed by atoms with E-state index in [9.17, 15) is 0 Å². The van der Waals surface area contributed by atoms with E-state index in [2.05, 4.69) is 45.4 Å². The third-order valence-corrected chi connectivity index (χ3v) is 4.26. The monoisotopic (exact) mass is 285 g/mol. The maximum absolute atomic E-state index is 4.43. The fourth-order valence-electron chi connectivity index (χ4n) is 3.06. The van der Waals surface area contributed by atoms with E-state index in [-0.39, 0.29) is 0 Å². The Morgan fingerprint density at radius 3 is 2.62 bits per heavy atom. The highest BCUT2D eigenvalue weighted by Gasteiger charge is 2.22. The molecule has 1 atom stereocenters. The smallest absolute Gasteiger partial charge is 0.128 e. The quantitative estimate of drug-likeness (QED) is 0.935. The second-order valence-electron chi connectivity index (χ2n) is 5.72. The Morgan fingerprint density at radius 1 is 1.19 bits per heavy atom. The van der Waals surface area contributed by atoms with Crippen LogP contribution in [0.25, 0.3) is 0 Å². The highest BCUT2D eigenvalue weighted by molar-refractivity contribution is 5.38. The van der Waals surface area contributed by atoms with E-state index in [0.29, 0.717) is 12.1 Å². The summed E-state index contributed by atoms with van der Waals surface area (Å²) in [6.07, 6.45) is 6.03. The summed E-state index contributed by atoms with van der Waals surface area (Å²) in [5.41, 5.74) is 1.24. The van der Waals surface area contributed by atoms with Crippen LogP contribution in [0.5, 0.6) is 0 Å². The molecule has 2 aromatic rings. The second kappa shape index (κ2) is 6.26. The molecule has 1 aliphatic heterocycles. The van der Waals surface area contributed by atoms with Gasteiger partial charge in [-0.2, -0.15) is 5.10 Å². The number of aromatic nitrogens is 3. The number of nitrogens with one attached hydrogen (secondary N) is 1. The fraction of sp³-hybridized carbons (Fsp3) is 0.500. The third-order valence-electron chi connectivity index (χ3n) is 4.26. The van der Waals surface area contributed by atoms with Gasteiger partial charge in [-0.1, -0.05) is 6.07 Å². The van der Waals surface area contributed by atoms with Gasteiger partial charge in [-0.05, 0) is 38.0 Å². The van der Waals surface area contributed by atoms with E-state index in [0.717, 1.165) is 31.7 Å². The maximum atomic E-state index is 4.43. The lowest BCUT2D eigenvalue weighted by Gasteiger charge is -2.34. The molecule has 0 aliphatic carbocycles. The van der Waals surface area contributed by atoms with E-state index in [1.807, 2.05) is 30.2 Å². The van der Waals surface area contributed by atoms with Crippen LogP contribution in [0.15, 0.2) is 36.7 Å². The normalized spacial score (nSPS) is 17.9. The van der Waals surface area contributed by atoms with Crippen molar-refractivity contribution in [3.05, 3.63) is 42.4 Å². The highest BCUT2D eigenvalue weighted by atomic mass is 15.3. The van der Waals surface area contributed by atoms with Crippen LogP contribution in [0.4, 0.5) is 5.82 Å². The molecular formula is C16H23N5. The number of hydrogen-bond acceptors (Lipinski definition) is 4. The molecule has 1 saturated heterocycles. The van der Waals surface area contributed by atoms with Crippen molar-refractivity contribution in [2.45, 2.75) is 31.8 Å². The summed E-state index contributed by atoms with van der Waals surface area (Å²) < 4.78 is 1.95. The van der Waals surface area contributed by atoms with E-state index in [1.165, 1.54) is 5.69 Å². The van der Waals surface area contributed by atoms with Crippen molar-refractivity contribution in [3.8, 4) is 0 Å². The summed E-state index contributed by atoms with van der Waals surface area (Å²) in [7, 11) is 2.00. The molecule has 3 rings (SSSR count). The van der Waals surface area contributed by atoms with Gasteiger partial charge in [0, 0.05) is 44.6 Å². The number of nitrogens with zero attached hydrogens (tertiary/aromatic N) is 4. The zero-order valence-electron chi connectivity index (χ0n) is 12.7. The Labute approximate surface area is 126 Å². The lowest BCUT2D eigenvalue weighted by Crippen LogP contribution is -2.43. The van der Waals surface area contributed by atoms with Gasteiger partial charge in [-0.3, -0.25) is 4.68 Å². The minimum atomic E-state index is 0.337. The Balaban J connectivity index is 1.53. The van der Waals surface area contributed by atoms with Gasteiger partial charge in [0.05, 0.1) is 5.69 Å². The number of rotatable bonds is 4. The van der Waals surface area contributed by atoms with Crippen molar-refractivity contribution in [1.29, 1.82) is 0 Å². The zero-order chi connectivity index (χ0) is 14.7. The first-order valence-corrected chi connectivity index (χ1v) is 7.64. The van der Waals surface area contributed by atoms with E-state index >= 15 is 0 Å². The number of aryl methyl sites for hydroxylation is 1. The van der Waals surface area contributed by atoms with Gasteiger partial charge in [0.15, 0.2) is 0 Å². The van der Waals surface area contributed by atoms with Crippen LogP contribution < -0.4 is 10.2 Å². The van der Waals surface area contributed by atoms with Gasteiger partial charge in [0.1, 0.15) is 5.82 Å². The van der Waals surface area contributed by atoms with Gasteiger partial charge in [0.2, 0.25) is 0 Å². The van der Waals surface area contributed by atoms with Gasteiger partial charge in [-0.25, -0.2) is 4.98 Å². The summed E-state index contributed by atoms with van der Waals surface area (Å²) in [5.74, 6) is 1.09. The molecule has 1 fully saturated rings. The van der Waals surface area contributed by atoms with Crippen LogP contribution in [0, 0.1) is 0 Å². The van der Waals surface area contributed by atoms with Crippen LogP contribution in [0.3, 0.4) is 0 Å². The summed E-state index contributed by atoms with van der Waals surface area (Å²) in [5, 5.41) is 7.97. The Hall–Kier alpha value is -1.88. The Bertz CT molecular complexity index is 557. The van der Waals surface area contributed by atoms with Crippen molar-refractivity contribution in [3.63, 3.8) is 0 Å². The third kappa shape index (κ3) is 3.24. The van der Waals surface area contributed by atoms with Crippen molar-refractivity contribution >= 4 is 5.82 Å². The molecule has 0 amide bonds. The lowest BCUT2D eigenvalue weighted by atomic mass is 10.0. The molecule has 1 aliphatic rings. The molecule has 5 nitrogen and oxygen atoms in total. The first kappa shape index (κ1) is 14.1. The van der Waals surface area contributed by atoms with Crippen LogP contribution in [-0.4, -0.2) is 33.9 Å². The number of hydrogen-bond donors (Lipinski definition) is 1. The molecule has 0 spiro atoms. The summed E-state index contributed by atoms with van der Waals surface area (Å²) in [6.45, 7) is 4.34. The lowest BCUT2D eigenvalue weighted by molar-refractivity contribution is 0.371. The largest absolute Gasteiger partial charge is 0.357 e. The molecule has 0 aromatic carbocycles. The molecule has 112 valence electrons. The number of pyridine rings is 1. The summed E-state index contributed by atoms with van der Waals surface area (Å²) in [6, 6.07) is 9.09. The zero-order valence-corrected chi connectivity index (χ0v) is 12.7. The van der Waals surface area contributed by atoms with Crippen molar-refractivity contribution in [2.75, 3.05) is 18.0 Å². The first-order chi connectivity index (χ1) is 10.2. The maximum Gasteiger partial charge on any atom is 0.128 e. The molecule has 1 N–H and O–H groups in total. The van der Waals surface area contributed by atoms with Crippen molar-refractivity contribution < 1.29 is 0 Å². The van der Waals surface area contributed by atoms with Gasteiger partial charge in [-0.15, -0.1) is 0 Å². The first-order valence-electron chi connectivity index (χ1n) is 7.64. The van der Waals surface area contributed by atoms with Gasteiger partial charge >= 0.3 is 0 Å². The highest BCUT2D eigenvalue weighted by Crippen LogP contribution is 2.20. The molecular weight excluding hydrogens is 262 g/mol. The molecule has 5 heteroatoms. The van der Waals surface area contributed by atoms with Crippen molar-refractivity contribution in [2.24, 2.45) is 7.05 Å². The number of anilines is 1. The average Bonchev–Trinajstić information content (AvgIpc) is 2.95. The standard InChI is InChI=1S/C16H23N5/c1-13(15-6-10-18-20(15)2)19-14-7-11-21(12-8-14)16-5-3-4-9-17-16/h3-6,9-10,13-14,19H,7-8,11-12H2,1-2H3. The predicted octanol–water partition coefficient (Wildman–Crippen LogP) is 2.13. The molecule has 1 unspecified atom stereocenters. The van der Waals surface area contributed by atoms with E-state index < -0.39 is 0 Å². The van der Waals surface area contributed by atoms with Crippen LogP contribution >= 0.6 is 0 Å². The molecule has 0 radical (unpaired) electrons. The molecule has 21 heavy (non-hydrogen) atoms. The Kier molecular flexibility index (Phi) is 4.20. The second-order valence-corrected chi connectivity index (χ2v) is 5.72. The summed E-state index contributed by atoms with van der Waals surface area (Å²) in [4.78, 5) is 6.80. The van der Waals surface area contributed by atoms with E-state index in [4.69, 9.17) is 0 Å². The topological polar surface area (TPSA) is 46.0 Å². The minimum Gasteiger partial charge on any atom is -0.357 e. The molecule has 3 heterocycles. The number of piperidine rings is 1. The van der Waals surface area contributed by atoms with E-state index in [1.54, 1.807) is 0 Å². The Morgan fingerprint density at radius 2 is 2.00 bits per heavy atom. The SMILES string of the molecule is CC(NC1CCN(c2ccccn2)CC1)c1ccnn1C. The molecule has 0 bridgehead atoms. The average molecular weight is 285 g/mol. The van der Waals surface area contributed by atoms with Crippen LogP contribution in [-0.2, 0) is 7.05 Å². The minimum absolute atomic E-state index is 0.337. The fourth-order valence-corrected chi connectivity index (χ4v) is 3.06. The predicted molar refractivity (Wildman–Crippen MR) is 84.2 cm³/mol. The van der Waals surface area contributed by atoms with Crippen molar-refractivity contribution in [1.82, 2.24) is 20.1 Å². The van der Waals surface area contributed by atoms with Gasteiger partial charge < -0.3 is 10.2 Å². The summed E-state index contributed by atoms with van der Waals surface area (Å²) >= 11 is 0.